The monoisotopic (exact) mass is 158 g/mol. The molecule has 4 N–H and O–H groups in total. The fourth-order valence-corrected chi connectivity index (χ4v) is 0.690. The maximum Gasteiger partial charge on any atom is 0.233 e. The number of hydrogen-bond acceptors (Lipinski definition) is 2. The fourth-order valence-electron chi connectivity index (χ4n) is 0.690. The van der Waals surface area contributed by atoms with Gasteiger partial charge in [0.1, 0.15) is 5.41 Å². The van der Waals surface area contributed by atoms with E-state index in [2.05, 4.69) is 0 Å². The van der Waals surface area contributed by atoms with Crippen LogP contribution in [0, 0.1) is 11.3 Å². The van der Waals surface area contributed by atoms with Crippen molar-refractivity contribution in [1.82, 2.24) is 0 Å². The Bertz CT molecular complexity index is 173. The summed E-state index contributed by atoms with van der Waals surface area (Å²) in [6.07, 6.45) is 0. The summed E-state index contributed by atoms with van der Waals surface area (Å²) < 4.78 is 0. The van der Waals surface area contributed by atoms with Gasteiger partial charge in [0.05, 0.1) is 0 Å². The van der Waals surface area contributed by atoms with E-state index in [-0.39, 0.29) is 5.92 Å². The molecule has 0 aromatic rings. The smallest absolute Gasteiger partial charge is 0.233 e. The fraction of sp³-hybridized carbons (Fsp3) is 0.714. The molecule has 0 saturated heterocycles. The van der Waals surface area contributed by atoms with Gasteiger partial charge in [-0.05, 0) is 12.8 Å². The third kappa shape index (κ3) is 1.50. The number of rotatable bonds is 3. The van der Waals surface area contributed by atoms with Gasteiger partial charge < -0.3 is 11.5 Å². The third-order valence-corrected chi connectivity index (χ3v) is 2.18. The van der Waals surface area contributed by atoms with Crippen LogP contribution >= 0.6 is 0 Å². The first kappa shape index (κ1) is 9.94. The van der Waals surface area contributed by atoms with E-state index in [1.807, 2.05) is 0 Å². The van der Waals surface area contributed by atoms with Crippen molar-refractivity contribution in [1.29, 1.82) is 0 Å². The highest BCUT2D eigenvalue weighted by Crippen LogP contribution is 2.25. The zero-order chi connectivity index (χ0) is 9.23. The molecule has 0 radical (unpaired) electrons. The van der Waals surface area contributed by atoms with E-state index in [0.29, 0.717) is 0 Å². The number of amides is 2. The number of carbonyl (C=O) groups is 2. The topological polar surface area (TPSA) is 86.2 Å². The molecule has 0 aromatic carbocycles. The maximum absolute atomic E-state index is 10.8. The molecule has 0 spiro atoms. The Morgan fingerprint density at radius 1 is 1.18 bits per heavy atom. The van der Waals surface area contributed by atoms with E-state index in [1.54, 1.807) is 13.8 Å². The van der Waals surface area contributed by atoms with Gasteiger partial charge in [-0.2, -0.15) is 0 Å². The normalized spacial score (nSPS) is 11.6. The summed E-state index contributed by atoms with van der Waals surface area (Å²) in [5, 5.41) is 0. The van der Waals surface area contributed by atoms with Crippen LogP contribution in [0.3, 0.4) is 0 Å². The third-order valence-electron chi connectivity index (χ3n) is 2.18. The molecule has 64 valence electrons. The Hall–Kier alpha value is -1.06. The molecule has 0 unspecified atom stereocenters. The summed E-state index contributed by atoms with van der Waals surface area (Å²) in [5.74, 6) is -1.50. The second kappa shape index (κ2) is 2.90. The number of nitrogens with two attached hydrogens (primary N) is 2. The van der Waals surface area contributed by atoms with Gasteiger partial charge in [0, 0.05) is 0 Å². The predicted molar refractivity (Wildman–Crippen MR) is 41.3 cm³/mol. The Morgan fingerprint density at radius 3 is 1.45 bits per heavy atom. The second-order valence-corrected chi connectivity index (χ2v) is 3.09. The molecule has 2 amide bonds. The van der Waals surface area contributed by atoms with Gasteiger partial charge in [0.2, 0.25) is 11.8 Å². The number of hydrogen-bond donors (Lipinski definition) is 2. The van der Waals surface area contributed by atoms with Gasteiger partial charge in [-0.25, -0.2) is 0 Å². The Morgan fingerprint density at radius 2 is 1.45 bits per heavy atom. The molecule has 0 aliphatic rings. The molecule has 0 rings (SSSR count). The molecular formula is C7H14N2O2. The predicted octanol–water partition coefficient (Wildman–Crippen LogP) is -0.381. The highest BCUT2D eigenvalue weighted by Gasteiger charge is 2.40. The van der Waals surface area contributed by atoms with E-state index in [1.165, 1.54) is 6.92 Å². The Balaban J connectivity index is 4.82. The van der Waals surface area contributed by atoms with E-state index in [9.17, 15) is 9.59 Å². The van der Waals surface area contributed by atoms with E-state index in [4.69, 9.17) is 11.5 Å². The standard InChI is InChI=1S/C7H14N2O2/c1-4(2)7(3,5(8)10)6(9)11/h4H,1-3H3,(H2,8,10)(H2,9,11). The largest absolute Gasteiger partial charge is 0.369 e. The van der Waals surface area contributed by atoms with Crippen LogP contribution in [-0.2, 0) is 9.59 Å². The SMILES string of the molecule is CC(C)C(C)(C(N)=O)C(N)=O. The molecule has 0 atom stereocenters. The molecule has 0 fully saturated rings. The highest BCUT2D eigenvalue weighted by molar-refractivity contribution is 6.03. The summed E-state index contributed by atoms with van der Waals surface area (Å²) in [4.78, 5) is 21.7. The average Bonchev–Trinajstić information content (AvgIpc) is 1.84. The molecule has 0 aliphatic heterocycles. The van der Waals surface area contributed by atoms with Crippen molar-refractivity contribution in [2.45, 2.75) is 20.8 Å². The molecule has 11 heavy (non-hydrogen) atoms. The lowest BCUT2D eigenvalue weighted by Crippen LogP contribution is -2.48. The molecule has 0 aromatic heterocycles. The van der Waals surface area contributed by atoms with E-state index >= 15 is 0 Å². The number of carbonyl (C=O) groups excluding carboxylic acids is 2. The quantitative estimate of drug-likeness (QED) is 0.548. The summed E-state index contributed by atoms with van der Waals surface area (Å²) >= 11 is 0. The van der Waals surface area contributed by atoms with Gasteiger partial charge in [0.15, 0.2) is 0 Å². The van der Waals surface area contributed by atoms with Crippen LogP contribution in [0.25, 0.3) is 0 Å². The summed E-state index contributed by atoms with van der Waals surface area (Å²) in [7, 11) is 0. The Labute approximate surface area is 65.9 Å². The highest BCUT2D eigenvalue weighted by atomic mass is 16.2. The minimum atomic E-state index is -1.22. The minimum absolute atomic E-state index is 0.169. The van der Waals surface area contributed by atoms with Gasteiger partial charge >= 0.3 is 0 Å². The van der Waals surface area contributed by atoms with Crippen LogP contribution in [0.4, 0.5) is 0 Å². The van der Waals surface area contributed by atoms with Crippen molar-refractivity contribution in [2.24, 2.45) is 22.8 Å². The maximum atomic E-state index is 10.8. The van der Waals surface area contributed by atoms with Crippen molar-refractivity contribution in [3.05, 3.63) is 0 Å². The molecular weight excluding hydrogens is 144 g/mol. The van der Waals surface area contributed by atoms with Crippen LogP contribution in [0.5, 0.6) is 0 Å². The van der Waals surface area contributed by atoms with E-state index < -0.39 is 17.2 Å². The van der Waals surface area contributed by atoms with Crippen molar-refractivity contribution < 1.29 is 9.59 Å². The van der Waals surface area contributed by atoms with Crippen LogP contribution in [0.1, 0.15) is 20.8 Å². The van der Waals surface area contributed by atoms with Gasteiger partial charge in [-0.15, -0.1) is 0 Å². The zero-order valence-electron chi connectivity index (χ0n) is 7.05. The van der Waals surface area contributed by atoms with Crippen molar-refractivity contribution >= 4 is 11.8 Å². The zero-order valence-corrected chi connectivity index (χ0v) is 7.05. The lowest BCUT2D eigenvalue weighted by atomic mass is 9.78. The van der Waals surface area contributed by atoms with E-state index in [0.717, 1.165) is 0 Å². The van der Waals surface area contributed by atoms with Crippen LogP contribution in [0.2, 0.25) is 0 Å². The molecule has 0 bridgehead atoms. The summed E-state index contributed by atoms with van der Waals surface area (Å²) in [6.45, 7) is 4.92. The van der Waals surface area contributed by atoms with Crippen molar-refractivity contribution in [3.63, 3.8) is 0 Å². The Kier molecular flexibility index (Phi) is 2.62. The molecule has 0 saturated carbocycles. The molecule has 4 heteroatoms. The minimum Gasteiger partial charge on any atom is -0.369 e. The summed E-state index contributed by atoms with van der Waals surface area (Å²) in [5.41, 5.74) is 8.84. The van der Waals surface area contributed by atoms with Crippen molar-refractivity contribution in [3.8, 4) is 0 Å². The molecule has 4 nitrogen and oxygen atoms in total. The van der Waals surface area contributed by atoms with Gasteiger partial charge in [-0.3, -0.25) is 9.59 Å². The van der Waals surface area contributed by atoms with Crippen molar-refractivity contribution in [2.75, 3.05) is 0 Å². The lowest BCUT2D eigenvalue weighted by molar-refractivity contribution is -0.141. The first-order valence-corrected chi connectivity index (χ1v) is 3.43. The van der Waals surface area contributed by atoms with Gasteiger partial charge in [0.25, 0.3) is 0 Å². The average molecular weight is 158 g/mol. The lowest BCUT2D eigenvalue weighted by Gasteiger charge is -2.25. The molecule has 0 heterocycles. The first-order valence-electron chi connectivity index (χ1n) is 3.43. The second-order valence-electron chi connectivity index (χ2n) is 3.09. The van der Waals surface area contributed by atoms with Crippen LogP contribution < -0.4 is 11.5 Å². The molecule has 0 aliphatic carbocycles. The number of primary amides is 2. The summed E-state index contributed by atoms with van der Waals surface area (Å²) in [6, 6.07) is 0. The first-order chi connectivity index (χ1) is 4.83. The van der Waals surface area contributed by atoms with Crippen LogP contribution in [0.15, 0.2) is 0 Å². The van der Waals surface area contributed by atoms with Gasteiger partial charge in [-0.1, -0.05) is 13.8 Å². The van der Waals surface area contributed by atoms with Crippen LogP contribution in [-0.4, -0.2) is 11.8 Å².